The Hall–Kier alpha value is -1.56. The molecular weight excluding hydrogens is 264 g/mol. The Balaban J connectivity index is 2.10. The molecular formula is C13H18N2O3S. The topological polar surface area (TPSA) is 81.4 Å². The second kappa shape index (κ2) is 6.06. The Morgan fingerprint density at radius 2 is 2.11 bits per heavy atom. The van der Waals surface area contributed by atoms with Crippen molar-refractivity contribution in [3.8, 4) is 0 Å². The first kappa shape index (κ1) is 13.9. The van der Waals surface area contributed by atoms with Gasteiger partial charge in [-0.15, -0.1) is 0 Å². The molecule has 0 spiro atoms. The number of hydrogen-bond acceptors (Lipinski definition) is 5. The molecule has 1 fully saturated rings. The largest absolute Gasteiger partial charge is 0.465 e. The number of carbonyl (C=O) groups is 1. The van der Waals surface area contributed by atoms with Crippen molar-refractivity contribution >= 4 is 28.1 Å². The Labute approximate surface area is 115 Å². The molecule has 0 atom stereocenters. The predicted molar refractivity (Wildman–Crippen MR) is 76.7 cm³/mol. The van der Waals surface area contributed by atoms with Crippen molar-refractivity contribution in [3.05, 3.63) is 23.8 Å². The van der Waals surface area contributed by atoms with Crippen molar-refractivity contribution in [1.82, 2.24) is 0 Å². The van der Waals surface area contributed by atoms with E-state index in [1.807, 2.05) is 0 Å². The molecule has 1 heterocycles. The lowest BCUT2D eigenvalue weighted by Gasteiger charge is -2.24. The summed E-state index contributed by atoms with van der Waals surface area (Å²) in [6, 6.07) is 5.29. The van der Waals surface area contributed by atoms with E-state index >= 15 is 0 Å². The Morgan fingerprint density at radius 1 is 1.42 bits per heavy atom. The summed E-state index contributed by atoms with van der Waals surface area (Å²) in [6.45, 7) is 0. The third-order valence-corrected chi connectivity index (χ3v) is 4.60. The van der Waals surface area contributed by atoms with Gasteiger partial charge in [0.2, 0.25) is 0 Å². The Kier molecular flexibility index (Phi) is 4.42. The van der Waals surface area contributed by atoms with Crippen molar-refractivity contribution in [2.24, 2.45) is 0 Å². The van der Waals surface area contributed by atoms with Gasteiger partial charge in [0.25, 0.3) is 0 Å². The van der Waals surface area contributed by atoms with Crippen molar-refractivity contribution in [1.29, 1.82) is 0 Å². The van der Waals surface area contributed by atoms with Gasteiger partial charge in [-0.2, -0.15) is 0 Å². The maximum atomic E-state index is 11.5. The van der Waals surface area contributed by atoms with Gasteiger partial charge in [0.1, 0.15) is 0 Å². The minimum Gasteiger partial charge on any atom is -0.465 e. The number of carbonyl (C=O) groups excluding carboxylic acids is 1. The maximum absolute atomic E-state index is 11.5. The Morgan fingerprint density at radius 3 is 2.74 bits per heavy atom. The van der Waals surface area contributed by atoms with E-state index in [1.54, 1.807) is 18.2 Å². The normalized spacial score (nSPS) is 22.8. The standard InChI is InChI=1S/C13H18N2O3S/c1-18-13(16)9-2-3-11(14)12(8-9)15-10-4-6-19(17)7-5-10/h2-3,8,10,15H,4-7,14H2,1H3. The zero-order valence-corrected chi connectivity index (χ0v) is 11.7. The quantitative estimate of drug-likeness (QED) is 0.646. The Bertz CT molecular complexity index is 495. The summed E-state index contributed by atoms with van der Waals surface area (Å²) in [7, 11) is 0.667. The van der Waals surface area contributed by atoms with Crippen LogP contribution in [-0.4, -0.2) is 34.8 Å². The van der Waals surface area contributed by atoms with E-state index in [2.05, 4.69) is 10.1 Å². The van der Waals surface area contributed by atoms with Crippen molar-refractivity contribution in [3.63, 3.8) is 0 Å². The molecule has 1 aromatic rings. The van der Waals surface area contributed by atoms with Crippen LogP contribution in [0.2, 0.25) is 0 Å². The fourth-order valence-electron chi connectivity index (χ4n) is 2.08. The van der Waals surface area contributed by atoms with Crippen molar-refractivity contribution in [2.75, 3.05) is 29.7 Å². The lowest BCUT2D eigenvalue weighted by Crippen LogP contribution is -2.29. The van der Waals surface area contributed by atoms with E-state index < -0.39 is 10.8 Å². The van der Waals surface area contributed by atoms with Gasteiger partial charge in [0.15, 0.2) is 0 Å². The van der Waals surface area contributed by atoms with E-state index in [9.17, 15) is 9.00 Å². The summed E-state index contributed by atoms with van der Waals surface area (Å²) in [5.74, 6) is 1.05. The van der Waals surface area contributed by atoms with Crippen molar-refractivity contribution < 1.29 is 13.7 Å². The molecule has 1 aliphatic heterocycles. The van der Waals surface area contributed by atoms with Crippen LogP contribution in [0.5, 0.6) is 0 Å². The number of nitrogen functional groups attached to an aromatic ring is 1. The number of anilines is 2. The van der Waals surface area contributed by atoms with Crippen LogP contribution < -0.4 is 11.1 Å². The van der Waals surface area contributed by atoms with E-state index in [0.717, 1.165) is 18.5 Å². The lowest BCUT2D eigenvalue weighted by molar-refractivity contribution is 0.0601. The highest BCUT2D eigenvalue weighted by Crippen LogP contribution is 2.24. The molecule has 0 saturated carbocycles. The van der Waals surface area contributed by atoms with Gasteiger partial charge >= 0.3 is 5.97 Å². The van der Waals surface area contributed by atoms with Crippen LogP contribution in [0.25, 0.3) is 0 Å². The fraction of sp³-hybridized carbons (Fsp3) is 0.462. The third kappa shape index (κ3) is 3.47. The fourth-order valence-corrected chi connectivity index (χ4v) is 3.38. The smallest absolute Gasteiger partial charge is 0.337 e. The van der Waals surface area contributed by atoms with Crippen molar-refractivity contribution in [2.45, 2.75) is 18.9 Å². The second-order valence-corrected chi connectivity index (χ2v) is 6.26. The monoisotopic (exact) mass is 282 g/mol. The van der Waals surface area contributed by atoms with E-state index in [4.69, 9.17) is 5.73 Å². The minimum atomic E-state index is -0.683. The zero-order valence-electron chi connectivity index (χ0n) is 10.8. The SMILES string of the molecule is COC(=O)c1ccc(N)c(NC2CCS(=O)CC2)c1. The molecule has 2 rings (SSSR count). The number of nitrogens with two attached hydrogens (primary N) is 1. The van der Waals surface area contributed by atoms with Gasteiger partial charge in [-0.05, 0) is 31.0 Å². The van der Waals surface area contributed by atoms with Crippen LogP contribution >= 0.6 is 0 Å². The number of rotatable bonds is 3. The number of esters is 1. The predicted octanol–water partition coefficient (Wildman–Crippen LogP) is 1.38. The van der Waals surface area contributed by atoms with Gasteiger partial charge in [-0.1, -0.05) is 0 Å². The summed E-state index contributed by atoms with van der Waals surface area (Å²) in [6.07, 6.45) is 1.71. The summed E-state index contributed by atoms with van der Waals surface area (Å²) in [5.41, 5.74) is 7.71. The summed E-state index contributed by atoms with van der Waals surface area (Å²) >= 11 is 0. The molecule has 0 amide bonds. The molecule has 19 heavy (non-hydrogen) atoms. The average molecular weight is 282 g/mol. The molecule has 3 N–H and O–H groups in total. The first-order valence-corrected chi connectivity index (χ1v) is 7.68. The molecule has 0 unspecified atom stereocenters. The molecule has 1 saturated heterocycles. The highest BCUT2D eigenvalue weighted by atomic mass is 32.2. The molecule has 0 radical (unpaired) electrons. The average Bonchev–Trinajstić information content (AvgIpc) is 2.43. The van der Waals surface area contributed by atoms with Crippen LogP contribution in [0.15, 0.2) is 18.2 Å². The van der Waals surface area contributed by atoms with Crippen LogP contribution in [0.1, 0.15) is 23.2 Å². The number of benzene rings is 1. The second-order valence-electron chi connectivity index (χ2n) is 4.56. The van der Waals surface area contributed by atoms with Gasteiger partial charge in [0, 0.05) is 28.3 Å². The molecule has 0 aromatic heterocycles. The molecule has 0 bridgehead atoms. The van der Waals surface area contributed by atoms with Gasteiger partial charge in [-0.25, -0.2) is 4.79 Å². The summed E-state index contributed by atoms with van der Waals surface area (Å²) in [5, 5.41) is 3.32. The number of hydrogen-bond donors (Lipinski definition) is 2. The van der Waals surface area contributed by atoms with Gasteiger partial charge in [-0.3, -0.25) is 4.21 Å². The first-order chi connectivity index (χ1) is 9.10. The van der Waals surface area contributed by atoms with E-state index in [0.29, 0.717) is 22.8 Å². The highest BCUT2D eigenvalue weighted by molar-refractivity contribution is 7.85. The first-order valence-electron chi connectivity index (χ1n) is 6.19. The van der Waals surface area contributed by atoms with Crippen LogP contribution in [0.3, 0.4) is 0 Å². The lowest BCUT2D eigenvalue weighted by atomic mass is 10.1. The van der Waals surface area contributed by atoms with Gasteiger partial charge < -0.3 is 15.8 Å². The molecule has 5 nitrogen and oxygen atoms in total. The number of methoxy groups -OCH3 is 1. The molecule has 1 aromatic carbocycles. The van der Waals surface area contributed by atoms with E-state index in [1.165, 1.54) is 7.11 Å². The molecule has 104 valence electrons. The zero-order chi connectivity index (χ0) is 13.8. The molecule has 1 aliphatic rings. The van der Waals surface area contributed by atoms with Crippen LogP contribution in [0, 0.1) is 0 Å². The summed E-state index contributed by atoms with van der Waals surface area (Å²) < 4.78 is 16.0. The maximum Gasteiger partial charge on any atom is 0.337 e. The molecule has 6 heteroatoms. The van der Waals surface area contributed by atoms with Crippen LogP contribution in [0.4, 0.5) is 11.4 Å². The van der Waals surface area contributed by atoms with Crippen LogP contribution in [-0.2, 0) is 15.5 Å². The van der Waals surface area contributed by atoms with Gasteiger partial charge in [0.05, 0.1) is 24.0 Å². The number of ether oxygens (including phenoxy) is 1. The number of nitrogens with one attached hydrogen (secondary N) is 1. The minimum absolute atomic E-state index is 0.257. The van der Waals surface area contributed by atoms with E-state index in [-0.39, 0.29) is 12.0 Å². The summed E-state index contributed by atoms with van der Waals surface area (Å²) in [4.78, 5) is 11.5. The highest BCUT2D eigenvalue weighted by Gasteiger charge is 2.18. The third-order valence-electron chi connectivity index (χ3n) is 3.22. The molecule has 0 aliphatic carbocycles.